The van der Waals surface area contributed by atoms with Crippen molar-refractivity contribution in [1.82, 2.24) is 15.3 Å². The van der Waals surface area contributed by atoms with Crippen LogP contribution in [0.2, 0.25) is 0 Å². The van der Waals surface area contributed by atoms with Crippen molar-refractivity contribution in [3.8, 4) is 0 Å². The number of amides is 1. The molecule has 0 aliphatic heterocycles. The van der Waals surface area contributed by atoms with Gasteiger partial charge in [0.25, 0.3) is 5.91 Å². The van der Waals surface area contributed by atoms with Crippen LogP contribution >= 0.6 is 0 Å². The van der Waals surface area contributed by atoms with E-state index in [1.165, 1.54) is 13.3 Å². The zero-order valence-electron chi connectivity index (χ0n) is 14.7. The fourth-order valence-corrected chi connectivity index (χ4v) is 2.41. The van der Waals surface area contributed by atoms with Gasteiger partial charge in [-0.25, -0.2) is 9.78 Å². The monoisotopic (exact) mass is 362 g/mol. The second-order valence-electron chi connectivity index (χ2n) is 5.64. The van der Waals surface area contributed by atoms with Crippen LogP contribution in [-0.2, 0) is 11.3 Å². The summed E-state index contributed by atoms with van der Waals surface area (Å²) in [5.74, 6) is -0.160. The van der Waals surface area contributed by atoms with Crippen molar-refractivity contribution in [1.29, 1.82) is 0 Å². The lowest BCUT2D eigenvalue weighted by Gasteiger charge is -2.10. The molecule has 0 atom stereocenters. The lowest BCUT2D eigenvalue weighted by atomic mass is 10.1. The number of benzene rings is 1. The molecule has 136 valence electrons. The average molecular weight is 362 g/mol. The Morgan fingerprint density at radius 3 is 2.59 bits per heavy atom. The van der Waals surface area contributed by atoms with Crippen molar-refractivity contribution in [3.63, 3.8) is 0 Å². The number of hydrogen-bond acceptors (Lipinski definition) is 6. The lowest BCUT2D eigenvalue weighted by molar-refractivity contribution is 0.0601. The minimum atomic E-state index is -0.440. The number of anilines is 2. The number of ether oxygens (including phenoxy) is 1. The van der Waals surface area contributed by atoms with Gasteiger partial charge in [0.15, 0.2) is 0 Å². The van der Waals surface area contributed by atoms with E-state index in [0.717, 1.165) is 5.56 Å². The van der Waals surface area contributed by atoms with E-state index in [1.54, 1.807) is 48.8 Å². The van der Waals surface area contributed by atoms with Crippen molar-refractivity contribution in [3.05, 3.63) is 83.8 Å². The van der Waals surface area contributed by atoms with Gasteiger partial charge in [0.1, 0.15) is 5.82 Å². The lowest BCUT2D eigenvalue weighted by Crippen LogP contribution is -2.23. The molecule has 0 unspecified atom stereocenters. The fraction of sp³-hybridized carbons (Fsp3) is 0.100. The number of carbonyl (C=O) groups is 2. The smallest absolute Gasteiger partial charge is 0.339 e. The molecule has 0 aliphatic carbocycles. The first-order valence-corrected chi connectivity index (χ1v) is 8.25. The Kier molecular flexibility index (Phi) is 5.73. The minimum Gasteiger partial charge on any atom is -0.465 e. The van der Waals surface area contributed by atoms with E-state index in [1.807, 2.05) is 12.1 Å². The highest BCUT2D eigenvalue weighted by molar-refractivity contribution is 5.96. The SMILES string of the molecule is COC(=O)c1ccccc1Nc1ccc(C(=O)NCc2cccnc2)cn1. The second kappa shape index (κ2) is 8.57. The predicted molar refractivity (Wildman–Crippen MR) is 101 cm³/mol. The van der Waals surface area contributed by atoms with E-state index < -0.39 is 5.97 Å². The van der Waals surface area contributed by atoms with Crippen LogP contribution < -0.4 is 10.6 Å². The Bertz CT molecular complexity index is 927. The van der Waals surface area contributed by atoms with E-state index in [-0.39, 0.29) is 5.91 Å². The molecule has 1 amide bonds. The number of nitrogens with zero attached hydrogens (tertiary/aromatic N) is 2. The van der Waals surface area contributed by atoms with Crippen LogP contribution in [-0.4, -0.2) is 29.0 Å². The number of carbonyl (C=O) groups excluding carboxylic acids is 2. The number of methoxy groups -OCH3 is 1. The Balaban J connectivity index is 1.65. The van der Waals surface area contributed by atoms with Gasteiger partial charge in [-0.1, -0.05) is 18.2 Å². The summed E-state index contributed by atoms with van der Waals surface area (Å²) in [7, 11) is 1.33. The quantitative estimate of drug-likeness (QED) is 0.655. The highest BCUT2D eigenvalue weighted by atomic mass is 16.5. The van der Waals surface area contributed by atoms with Crippen LogP contribution in [0.1, 0.15) is 26.3 Å². The normalized spacial score (nSPS) is 10.1. The van der Waals surface area contributed by atoms with Crippen LogP contribution in [0.5, 0.6) is 0 Å². The van der Waals surface area contributed by atoms with Crippen LogP contribution in [0.4, 0.5) is 11.5 Å². The van der Waals surface area contributed by atoms with E-state index in [0.29, 0.717) is 29.2 Å². The molecule has 2 aromatic heterocycles. The molecular formula is C20H18N4O3. The summed E-state index contributed by atoms with van der Waals surface area (Å²) in [6.45, 7) is 0.388. The molecule has 0 saturated carbocycles. The molecule has 0 spiro atoms. The third-order valence-corrected chi connectivity index (χ3v) is 3.80. The highest BCUT2D eigenvalue weighted by Gasteiger charge is 2.12. The Morgan fingerprint density at radius 1 is 1.04 bits per heavy atom. The molecule has 0 bridgehead atoms. The number of nitrogens with one attached hydrogen (secondary N) is 2. The first kappa shape index (κ1) is 18.1. The van der Waals surface area contributed by atoms with Gasteiger partial charge in [-0.05, 0) is 35.9 Å². The van der Waals surface area contributed by atoms with Crippen LogP contribution in [0, 0.1) is 0 Å². The summed E-state index contributed by atoms with van der Waals surface area (Å²) in [4.78, 5) is 32.3. The Hall–Kier alpha value is -3.74. The van der Waals surface area contributed by atoms with Gasteiger partial charge in [0.05, 0.1) is 23.9 Å². The summed E-state index contributed by atoms with van der Waals surface area (Å²) in [6, 6.07) is 14.0. The van der Waals surface area contributed by atoms with Crippen molar-refractivity contribution in [2.45, 2.75) is 6.54 Å². The number of pyridine rings is 2. The maximum atomic E-state index is 12.2. The van der Waals surface area contributed by atoms with E-state index in [9.17, 15) is 9.59 Å². The zero-order valence-corrected chi connectivity index (χ0v) is 14.7. The summed E-state index contributed by atoms with van der Waals surface area (Å²) in [6.07, 6.45) is 4.85. The summed E-state index contributed by atoms with van der Waals surface area (Å²) >= 11 is 0. The molecule has 27 heavy (non-hydrogen) atoms. The first-order valence-electron chi connectivity index (χ1n) is 8.25. The standard InChI is InChI=1S/C20H18N4O3/c1-27-20(26)16-6-2-3-7-17(16)24-18-9-8-15(13-22-18)19(25)23-12-14-5-4-10-21-11-14/h2-11,13H,12H2,1H3,(H,22,24)(H,23,25). The predicted octanol–water partition coefficient (Wildman–Crippen LogP) is 2.94. The number of hydrogen-bond donors (Lipinski definition) is 2. The van der Waals surface area contributed by atoms with Crippen molar-refractivity contribution >= 4 is 23.4 Å². The van der Waals surface area contributed by atoms with Gasteiger partial charge >= 0.3 is 5.97 Å². The molecule has 7 nitrogen and oxygen atoms in total. The molecule has 0 aliphatic rings. The number of rotatable bonds is 6. The topological polar surface area (TPSA) is 93.2 Å². The largest absolute Gasteiger partial charge is 0.465 e. The van der Waals surface area contributed by atoms with Gasteiger partial charge in [0, 0.05) is 25.1 Å². The first-order chi connectivity index (χ1) is 13.2. The Morgan fingerprint density at radius 2 is 1.89 bits per heavy atom. The van der Waals surface area contributed by atoms with Crippen molar-refractivity contribution in [2.24, 2.45) is 0 Å². The van der Waals surface area contributed by atoms with E-state index in [4.69, 9.17) is 4.74 Å². The number of aromatic nitrogens is 2. The number of esters is 1. The van der Waals surface area contributed by atoms with E-state index in [2.05, 4.69) is 20.6 Å². The Labute approximate surface area is 156 Å². The molecule has 3 aromatic rings. The molecular weight excluding hydrogens is 344 g/mol. The molecule has 0 radical (unpaired) electrons. The van der Waals surface area contributed by atoms with Crippen LogP contribution in [0.25, 0.3) is 0 Å². The average Bonchev–Trinajstić information content (AvgIpc) is 2.73. The maximum Gasteiger partial charge on any atom is 0.339 e. The van der Waals surface area contributed by atoms with Gasteiger partial charge < -0.3 is 15.4 Å². The van der Waals surface area contributed by atoms with Crippen molar-refractivity contribution < 1.29 is 14.3 Å². The second-order valence-corrected chi connectivity index (χ2v) is 5.64. The minimum absolute atomic E-state index is 0.229. The summed E-state index contributed by atoms with van der Waals surface area (Å²) in [5, 5.41) is 5.88. The molecule has 2 heterocycles. The zero-order chi connectivity index (χ0) is 19.1. The molecule has 2 N–H and O–H groups in total. The van der Waals surface area contributed by atoms with Gasteiger partial charge in [-0.2, -0.15) is 0 Å². The third kappa shape index (κ3) is 4.66. The van der Waals surface area contributed by atoms with Gasteiger partial charge in [-0.15, -0.1) is 0 Å². The van der Waals surface area contributed by atoms with Crippen LogP contribution in [0.15, 0.2) is 67.1 Å². The summed E-state index contributed by atoms with van der Waals surface area (Å²) in [5.41, 5.74) is 2.33. The van der Waals surface area contributed by atoms with Crippen molar-refractivity contribution in [2.75, 3.05) is 12.4 Å². The molecule has 0 saturated heterocycles. The van der Waals surface area contributed by atoms with Crippen LogP contribution in [0.3, 0.4) is 0 Å². The highest BCUT2D eigenvalue weighted by Crippen LogP contribution is 2.20. The number of para-hydroxylation sites is 1. The maximum absolute atomic E-state index is 12.2. The van der Waals surface area contributed by atoms with Gasteiger partial charge in [0.2, 0.25) is 0 Å². The van der Waals surface area contributed by atoms with E-state index >= 15 is 0 Å². The third-order valence-electron chi connectivity index (χ3n) is 3.80. The molecule has 7 heteroatoms. The molecule has 3 rings (SSSR count). The molecule has 0 fully saturated rings. The summed E-state index contributed by atoms with van der Waals surface area (Å²) < 4.78 is 4.77. The fourth-order valence-electron chi connectivity index (χ4n) is 2.41. The van der Waals surface area contributed by atoms with Gasteiger partial charge in [-0.3, -0.25) is 9.78 Å². The molecule has 1 aromatic carbocycles.